The Bertz CT molecular complexity index is 1460. The van der Waals surface area contributed by atoms with Crippen molar-refractivity contribution in [3.05, 3.63) is 23.2 Å². The Balaban J connectivity index is 1.23. The third kappa shape index (κ3) is 4.15. The van der Waals surface area contributed by atoms with Gasteiger partial charge in [0.15, 0.2) is 10.8 Å². The number of anilines is 1. The number of amides is 1. The molecule has 4 fully saturated rings. The predicted octanol–water partition coefficient (Wildman–Crippen LogP) is 4.14. The summed E-state index contributed by atoms with van der Waals surface area (Å²) in [6.07, 6.45) is 8.86. The van der Waals surface area contributed by atoms with Crippen LogP contribution >= 0.6 is 23.3 Å². The Morgan fingerprint density at radius 1 is 1.21 bits per heavy atom. The fraction of sp³-hybridized carbons (Fsp3) is 0.577. The summed E-state index contributed by atoms with van der Waals surface area (Å²) in [5, 5.41) is 19.4. The van der Waals surface area contributed by atoms with E-state index in [1.54, 1.807) is 16.3 Å². The maximum atomic E-state index is 15.6. The Labute approximate surface area is 228 Å². The molecule has 1 aliphatic heterocycles. The normalized spacial score (nSPS) is 21.8. The number of hydrogen-bond donors (Lipinski definition) is 1. The van der Waals surface area contributed by atoms with Crippen LogP contribution in [0.5, 0.6) is 0 Å². The summed E-state index contributed by atoms with van der Waals surface area (Å²) in [4.78, 5) is 22.2. The second kappa shape index (κ2) is 8.89. The summed E-state index contributed by atoms with van der Waals surface area (Å²) in [6, 6.07) is 4.38. The molecule has 1 saturated heterocycles. The van der Waals surface area contributed by atoms with Gasteiger partial charge in [0.05, 0.1) is 11.8 Å². The smallest absolute Gasteiger partial charge is 0.241 e. The SMILES string of the molecule is CC1(NSc2cc(N3CCN(C(=O)C4CCC4)CC3)c3c(F)nc(-c4nnc(C5(C#N)CC5)s4)n3c2)CC1. The van der Waals surface area contributed by atoms with Crippen molar-refractivity contribution in [3.8, 4) is 16.9 Å². The molecule has 0 radical (unpaired) electrons. The zero-order valence-electron chi connectivity index (χ0n) is 21.2. The van der Waals surface area contributed by atoms with Gasteiger partial charge >= 0.3 is 0 Å². The van der Waals surface area contributed by atoms with E-state index in [0.717, 1.165) is 55.5 Å². The van der Waals surface area contributed by atoms with Gasteiger partial charge in [-0.1, -0.05) is 17.8 Å². The van der Waals surface area contributed by atoms with Crippen molar-refractivity contribution >= 4 is 40.4 Å². The topological polar surface area (TPSA) is 102 Å². The molecule has 1 amide bonds. The highest BCUT2D eigenvalue weighted by atomic mass is 32.2. The lowest BCUT2D eigenvalue weighted by Gasteiger charge is -2.39. The molecule has 0 aromatic carbocycles. The van der Waals surface area contributed by atoms with Crippen molar-refractivity contribution in [2.24, 2.45) is 5.92 Å². The van der Waals surface area contributed by atoms with E-state index in [2.05, 4.69) is 37.8 Å². The molecule has 3 aromatic rings. The summed E-state index contributed by atoms with van der Waals surface area (Å²) in [7, 11) is 0. The van der Waals surface area contributed by atoms with Gasteiger partial charge in [-0.05, 0) is 63.5 Å². The zero-order valence-corrected chi connectivity index (χ0v) is 22.9. The standard InChI is InChI=1S/C26H29FN8OS2/c1-25(5-6-25)32-38-17-13-18(33-9-11-34(12-10-33)23(36)16-3-2-4-16)19-20(27)29-21(35(19)14-17)22-30-31-24(37-22)26(15-28)7-8-26/h13-14,16,32H,2-12H2,1H3. The van der Waals surface area contributed by atoms with Crippen molar-refractivity contribution < 1.29 is 9.18 Å². The van der Waals surface area contributed by atoms with Gasteiger partial charge in [0.25, 0.3) is 0 Å². The Kier molecular flexibility index (Phi) is 5.69. The molecule has 4 heterocycles. The number of fused-ring (bicyclic) bond motifs is 1. The summed E-state index contributed by atoms with van der Waals surface area (Å²) < 4.78 is 20.9. The zero-order chi connectivity index (χ0) is 26.1. The van der Waals surface area contributed by atoms with Crippen LogP contribution < -0.4 is 9.62 Å². The molecule has 0 bridgehead atoms. The van der Waals surface area contributed by atoms with Crippen LogP contribution in [0.3, 0.4) is 0 Å². The van der Waals surface area contributed by atoms with Crippen LogP contribution in [0.15, 0.2) is 17.2 Å². The lowest BCUT2D eigenvalue weighted by atomic mass is 9.84. The molecule has 198 valence electrons. The number of nitrogens with zero attached hydrogens (tertiary/aromatic N) is 7. The Morgan fingerprint density at radius 3 is 2.61 bits per heavy atom. The number of nitriles is 1. The van der Waals surface area contributed by atoms with E-state index < -0.39 is 11.4 Å². The largest absolute Gasteiger partial charge is 0.366 e. The third-order valence-electron chi connectivity index (χ3n) is 8.44. The predicted molar refractivity (Wildman–Crippen MR) is 143 cm³/mol. The maximum absolute atomic E-state index is 15.6. The number of nitrogens with one attached hydrogen (secondary N) is 1. The summed E-state index contributed by atoms with van der Waals surface area (Å²) >= 11 is 2.87. The first kappa shape index (κ1) is 24.3. The first-order chi connectivity index (χ1) is 18.4. The second-order valence-electron chi connectivity index (χ2n) is 11.3. The fourth-order valence-electron chi connectivity index (χ4n) is 5.13. The van der Waals surface area contributed by atoms with Crippen molar-refractivity contribution in [1.82, 2.24) is 29.2 Å². The van der Waals surface area contributed by atoms with Crippen LogP contribution in [0.4, 0.5) is 10.1 Å². The Morgan fingerprint density at radius 2 is 1.97 bits per heavy atom. The van der Waals surface area contributed by atoms with Gasteiger partial charge in [-0.2, -0.15) is 14.6 Å². The van der Waals surface area contributed by atoms with Crippen LogP contribution in [0.1, 0.15) is 56.9 Å². The minimum absolute atomic E-state index is 0.125. The fourth-order valence-corrected chi connectivity index (χ4v) is 7.06. The molecule has 4 aliphatic rings. The number of imidazole rings is 1. The van der Waals surface area contributed by atoms with E-state index in [4.69, 9.17) is 0 Å². The van der Waals surface area contributed by atoms with Crippen molar-refractivity contribution in [3.63, 3.8) is 0 Å². The molecule has 0 atom stereocenters. The average Bonchev–Trinajstić information content (AvgIpc) is 3.77. The van der Waals surface area contributed by atoms with Crippen LogP contribution in [0, 0.1) is 23.2 Å². The number of hydrogen-bond acceptors (Lipinski definition) is 9. The number of pyridine rings is 1. The lowest BCUT2D eigenvalue weighted by molar-refractivity contribution is -0.138. The van der Waals surface area contributed by atoms with Gasteiger partial charge in [-0.3, -0.25) is 13.9 Å². The van der Waals surface area contributed by atoms with Crippen molar-refractivity contribution in [2.45, 2.75) is 67.7 Å². The van der Waals surface area contributed by atoms with Crippen LogP contribution in [-0.4, -0.2) is 62.1 Å². The van der Waals surface area contributed by atoms with Gasteiger partial charge in [0, 0.05) is 48.7 Å². The summed E-state index contributed by atoms with van der Waals surface area (Å²) in [5.74, 6) is 0.295. The monoisotopic (exact) mass is 552 g/mol. The number of carbonyl (C=O) groups is 1. The molecule has 0 unspecified atom stereocenters. The molecule has 3 aliphatic carbocycles. The molecule has 3 aromatic heterocycles. The molecular formula is C26H29FN8OS2. The quantitative estimate of drug-likeness (QED) is 0.437. The molecule has 3 saturated carbocycles. The molecule has 0 spiro atoms. The van der Waals surface area contributed by atoms with Crippen molar-refractivity contribution in [1.29, 1.82) is 5.26 Å². The number of carbonyl (C=O) groups excluding carboxylic acids is 1. The first-order valence-corrected chi connectivity index (χ1v) is 15.0. The molecule has 7 rings (SSSR count). The molecule has 12 heteroatoms. The van der Waals surface area contributed by atoms with Gasteiger partial charge in [0.2, 0.25) is 11.9 Å². The van der Waals surface area contributed by atoms with Gasteiger partial charge < -0.3 is 9.80 Å². The lowest BCUT2D eigenvalue weighted by Crippen LogP contribution is -2.51. The van der Waals surface area contributed by atoms with Crippen LogP contribution in [0.25, 0.3) is 16.3 Å². The number of rotatable bonds is 7. The van der Waals surface area contributed by atoms with E-state index in [1.165, 1.54) is 11.3 Å². The average molecular weight is 553 g/mol. The van der Waals surface area contributed by atoms with E-state index in [-0.39, 0.29) is 17.4 Å². The highest BCUT2D eigenvalue weighted by molar-refractivity contribution is 7.97. The van der Waals surface area contributed by atoms with Crippen LogP contribution in [0.2, 0.25) is 0 Å². The van der Waals surface area contributed by atoms with Crippen LogP contribution in [-0.2, 0) is 10.2 Å². The first-order valence-electron chi connectivity index (χ1n) is 13.3. The molecule has 38 heavy (non-hydrogen) atoms. The Hall–Kier alpha value is -2.75. The minimum atomic E-state index is -0.556. The van der Waals surface area contributed by atoms with E-state index in [1.807, 2.05) is 17.2 Å². The highest BCUT2D eigenvalue weighted by Crippen LogP contribution is 2.49. The minimum Gasteiger partial charge on any atom is -0.366 e. The molecule has 9 nitrogen and oxygen atoms in total. The maximum Gasteiger partial charge on any atom is 0.241 e. The number of piperazine rings is 1. The van der Waals surface area contributed by atoms with Gasteiger partial charge in [-0.25, -0.2) is 0 Å². The third-order valence-corrected chi connectivity index (χ3v) is 10.6. The van der Waals surface area contributed by atoms with E-state index in [9.17, 15) is 10.1 Å². The van der Waals surface area contributed by atoms with Gasteiger partial charge in [-0.15, -0.1) is 10.2 Å². The number of aromatic nitrogens is 4. The van der Waals surface area contributed by atoms with E-state index >= 15 is 4.39 Å². The van der Waals surface area contributed by atoms with Gasteiger partial charge in [0.1, 0.15) is 15.9 Å². The molecular weight excluding hydrogens is 523 g/mol. The molecule has 1 N–H and O–H groups in total. The number of halogens is 1. The summed E-state index contributed by atoms with van der Waals surface area (Å²) in [5.41, 5.74) is 0.748. The second-order valence-corrected chi connectivity index (χ2v) is 13.2. The van der Waals surface area contributed by atoms with Crippen molar-refractivity contribution in [2.75, 3.05) is 31.1 Å². The highest BCUT2D eigenvalue weighted by Gasteiger charge is 2.48. The summed E-state index contributed by atoms with van der Waals surface area (Å²) in [6.45, 7) is 4.75. The van der Waals surface area contributed by atoms with E-state index in [0.29, 0.717) is 47.5 Å².